The summed E-state index contributed by atoms with van der Waals surface area (Å²) in [7, 11) is 7.85. The molecule has 0 saturated carbocycles. The molecular formula is C19H23N4NaO3S. The van der Waals surface area contributed by atoms with Gasteiger partial charge in [0, 0.05) is 49.4 Å². The SMILES string of the molecule is CN(C)c1ccc2c(c1)Sc1cc(N(C)C)ccc1N2C(=O)NCC(=O)O.[NaH]. The Hall–Kier alpha value is -1.87. The first-order valence-corrected chi connectivity index (χ1v) is 9.20. The summed E-state index contributed by atoms with van der Waals surface area (Å²) in [6.07, 6.45) is 0. The molecule has 0 spiro atoms. The Labute approximate surface area is 191 Å². The van der Waals surface area contributed by atoms with Crippen molar-refractivity contribution >= 4 is 76.1 Å². The maximum absolute atomic E-state index is 12.8. The number of carbonyl (C=O) groups excluding carboxylic acids is 1. The first-order valence-electron chi connectivity index (χ1n) is 8.38. The third-order valence-electron chi connectivity index (χ3n) is 4.22. The minimum absolute atomic E-state index is 0. The number of carbonyl (C=O) groups is 2. The number of amides is 2. The summed E-state index contributed by atoms with van der Waals surface area (Å²) in [5.74, 6) is -1.08. The van der Waals surface area contributed by atoms with E-state index in [-0.39, 0.29) is 29.6 Å². The van der Waals surface area contributed by atoms with Gasteiger partial charge in [-0.2, -0.15) is 0 Å². The number of anilines is 4. The number of urea groups is 1. The van der Waals surface area contributed by atoms with Crippen LogP contribution in [0.4, 0.5) is 27.5 Å². The third kappa shape index (κ3) is 4.57. The second-order valence-electron chi connectivity index (χ2n) is 6.58. The van der Waals surface area contributed by atoms with Gasteiger partial charge < -0.3 is 20.2 Å². The van der Waals surface area contributed by atoms with Crippen molar-refractivity contribution in [2.24, 2.45) is 0 Å². The topological polar surface area (TPSA) is 76.1 Å². The fourth-order valence-corrected chi connectivity index (χ4v) is 3.92. The second-order valence-corrected chi connectivity index (χ2v) is 7.67. The Bertz CT molecular complexity index is 847. The molecule has 0 aliphatic carbocycles. The molecule has 3 rings (SSSR count). The molecule has 0 saturated heterocycles. The van der Waals surface area contributed by atoms with Crippen LogP contribution in [0.3, 0.4) is 0 Å². The van der Waals surface area contributed by atoms with Gasteiger partial charge in [0.2, 0.25) is 0 Å². The van der Waals surface area contributed by atoms with E-state index in [4.69, 9.17) is 5.11 Å². The quantitative estimate of drug-likeness (QED) is 0.755. The minimum atomic E-state index is -1.08. The van der Waals surface area contributed by atoms with E-state index in [0.29, 0.717) is 0 Å². The van der Waals surface area contributed by atoms with Crippen LogP contribution in [0.5, 0.6) is 0 Å². The number of nitrogens with one attached hydrogen (secondary N) is 1. The fraction of sp³-hybridized carbons (Fsp3) is 0.263. The standard InChI is InChI=1S/C19H22N4O3S.Na.H/c1-21(2)12-5-7-14-16(9-12)27-17-10-13(22(3)4)6-8-15(17)23(14)19(26)20-11-18(24)25;;/h5-10H,11H2,1-4H3,(H,20,26)(H,24,25);;. The summed E-state index contributed by atoms with van der Waals surface area (Å²) < 4.78 is 0. The maximum atomic E-state index is 12.8. The van der Waals surface area contributed by atoms with Gasteiger partial charge in [-0.1, -0.05) is 11.8 Å². The Balaban J connectivity index is 0.00000280. The molecule has 1 aliphatic rings. The zero-order chi connectivity index (χ0) is 19.7. The van der Waals surface area contributed by atoms with Crippen molar-refractivity contribution in [1.29, 1.82) is 0 Å². The summed E-state index contributed by atoms with van der Waals surface area (Å²) >= 11 is 1.60. The van der Waals surface area contributed by atoms with E-state index in [0.717, 1.165) is 32.5 Å². The van der Waals surface area contributed by atoms with E-state index < -0.39 is 18.5 Å². The van der Waals surface area contributed by atoms with Gasteiger partial charge in [-0.05, 0) is 36.4 Å². The van der Waals surface area contributed by atoms with E-state index in [1.807, 2.05) is 74.4 Å². The molecule has 28 heavy (non-hydrogen) atoms. The molecular weight excluding hydrogens is 387 g/mol. The van der Waals surface area contributed by atoms with Gasteiger partial charge >= 0.3 is 41.6 Å². The molecule has 0 radical (unpaired) electrons. The van der Waals surface area contributed by atoms with Gasteiger partial charge in [0.05, 0.1) is 11.4 Å². The van der Waals surface area contributed by atoms with Crippen molar-refractivity contribution in [3.63, 3.8) is 0 Å². The van der Waals surface area contributed by atoms with Gasteiger partial charge in [0.25, 0.3) is 0 Å². The van der Waals surface area contributed by atoms with E-state index in [9.17, 15) is 9.59 Å². The predicted molar refractivity (Wildman–Crippen MR) is 116 cm³/mol. The molecule has 1 aliphatic heterocycles. The molecule has 7 nitrogen and oxygen atoms in total. The average molecular weight is 410 g/mol. The van der Waals surface area contributed by atoms with Crippen LogP contribution in [0, 0.1) is 0 Å². The molecule has 144 valence electrons. The Morgan fingerprint density at radius 2 is 1.43 bits per heavy atom. The molecule has 0 fully saturated rings. The van der Waals surface area contributed by atoms with Crippen LogP contribution in [0.15, 0.2) is 46.2 Å². The molecule has 2 N–H and O–H groups in total. The number of fused-ring (bicyclic) bond motifs is 2. The normalized spacial score (nSPS) is 11.6. The molecule has 2 aromatic carbocycles. The fourth-order valence-electron chi connectivity index (χ4n) is 2.79. The second kappa shape index (κ2) is 9.09. The zero-order valence-electron chi connectivity index (χ0n) is 15.7. The predicted octanol–water partition coefficient (Wildman–Crippen LogP) is 2.57. The van der Waals surface area contributed by atoms with Gasteiger partial charge in [-0.3, -0.25) is 9.69 Å². The van der Waals surface area contributed by atoms with Gasteiger partial charge in [-0.25, -0.2) is 4.79 Å². The van der Waals surface area contributed by atoms with Crippen molar-refractivity contribution in [3.8, 4) is 0 Å². The van der Waals surface area contributed by atoms with E-state index >= 15 is 0 Å². The number of nitrogens with zero attached hydrogens (tertiary/aromatic N) is 3. The number of carboxylic acids is 1. The molecule has 9 heteroatoms. The molecule has 2 amide bonds. The molecule has 0 bridgehead atoms. The van der Waals surface area contributed by atoms with Gasteiger partial charge in [-0.15, -0.1) is 0 Å². The van der Waals surface area contributed by atoms with Gasteiger partial charge in [0.15, 0.2) is 0 Å². The average Bonchev–Trinajstić information content (AvgIpc) is 2.62. The Kier molecular flexibility index (Phi) is 7.28. The third-order valence-corrected chi connectivity index (χ3v) is 5.31. The monoisotopic (exact) mass is 410 g/mol. The van der Waals surface area contributed by atoms with Crippen LogP contribution >= 0.6 is 11.8 Å². The summed E-state index contributed by atoms with van der Waals surface area (Å²) in [6, 6.07) is 11.3. The summed E-state index contributed by atoms with van der Waals surface area (Å²) in [5.41, 5.74) is 3.52. The van der Waals surface area contributed by atoms with Crippen LogP contribution in [0.25, 0.3) is 0 Å². The molecule has 0 aromatic heterocycles. The zero-order valence-corrected chi connectivity index (χ0v) is 16.5. The van der Waals surface area contributed by atoms with Crippen LogP contribution in [0.1, 0.15) is 0 Å². The molecule has 2 aromatic rings. The van der Waals surface area contributed by atoms with Crippen molar-refractivity contribution in [2.45, 2.75) is 9.79 Å². The number of benzene rings is 2. The Morgan fingerprint density at radius 3 is 1.82 bits per heavy atom. The van der Waals surface area contributed by atoms with Crippen molar-refractivity contribution in [1.82, 2.24) is 5.32 Å². The number of carboxylic acid groups (broad SMARTS) is 1. The summed E-state index contributed by atoms with van der Waals surface area (Å²) in [4.78, 5) is 31.1. The van der Waals surface area contributed by atoms with Crippen molar-refractivity contribution < 1.29 is 14.7 Å². The molecule has 0 unspecified atom stereocenters. The Morgan fingerprint density at radius 1 is 0.964 bits per heavy atom. The van der Waals surface area contributed by atoms with E-state index in [1.54, 1.807) is 16.7 Å². The summed E-state index contributed by atoms with van der Waals surface area (Å²) in [6.45, 7) is -0.432. The number of hydrogen-bond acceptors (Lipinski definition) is 5. The van der Waals surface area contributed by atoms with Crippen LogP contribution in [-0.4, -0.2) is 81.4 Å². The first-order chi connectivity index (χ1) is 12.8. The van der Waals surface area contributed by atoms with Crippen molar-refractivity contribution in [2.75, 3.05) is 49.4 Å². The summed E-state index contributed by atoms with van der Waals surface area (Å²) in [5, 5.41) is 11.4. The number of hydrogen-bond donors (Lipinski definition) is 2. The van der Waals surface area contributed by atoms with Crippen molar-refractivity contribution in [3.05, 3.63) is 36.4 Å². The number of rotatable bonds is 4. The van der Waals surface area contributed by atoms with E-state index in [1.165, 1.54) is 0 Å². The van der Waals surface area contributed by atoms with Crippen LogP contribution < -0.4 is 20.0 Å². The molecule has 1 heterocycles. The molecule has 0 atom stereocenters. The number of aliphatic carboxylic acids is 1. The van der Waals surface area contributed by atoms with Crippen LogP contribution in [0.2, 0.25) is 0 Å². The van der Waals surface area contributed by atoms with Crippen LogP contribution in [-0.2, 0) is 4.79 Å². The van der Waals surface area contributed by atoms with E-state index in [2.05, 4.69) is 5.32 Å². The van der Waals surface area contributed by atoms with Gasteiger partial charge in [0.1, 0.15) is 6.54 Å². The first kappa shape index (κ1) is 22.4.